The molecule has 0 aliphatic heterocycles. The van der Waals surface area contributed by atoms with Gasteiger partial charge >= 0.3 is 0 Å². The Kier molecular flexibility index (Phi) is 3.93. The number of hydrogen-bond acceptors (Lipinski definition) is 7. The molecular weight excluding hydrogens is 250 g/mol. The monoisotopic (exact) mass is 265 g/mol. The number of thiazole rings is 1. The zero-order valence-electron chi connectivity index (χ0n) is 10.3. The van der Waals surface area contributed by atoms with Gasteiger partial charge in [-0.2, -0.15) is 9.97 Å². The van der Waals surface area contributed by atoms with Crippen LogP contribution in [-0.4, -0.2) is 28.6 Å². The second-order valence-corrected chi connectivity index (χ2v) is 4.60. The molecule has 0 saturated carbocycles. The summed E-state index contributed by atoms with van der Waals surface area (Å²) in [5, 5.41) is 2.90. The van der Waals surface area contributed by atoms with Crippen LogP contribution in [-0.2, 0) is 6.42 Å². The average molecular weight is 265 g/mol. The maximum absolute atomic E-state index is 5.58. The van der Waals surface area contributed by atoms with Gasteiger partial charge in [0.2, 0.25) is 11.8 Å². The summed E-state index contributed by atoms with van der Waals surface area (Å²) in [7, 11) is 1.77. The smallest absolute Gasteiger partial charge is 0.225 e. The second kappa shape index (κ2) is 5.63. The van der Waals surface area contributed by atoms with Crippen molar-refractivity contribution >= 4 is 23.1 Å². The predicted molar refractivity (Wildman–Crippen MR) is 72.0 cm³/mol. The van der Waals surface area contributed by atoms with Crippen molar-refractivity contribution in [2.24, 2.45) is 0 Å². The molecule has 0 radical (unpaired) electrons. The van der Waals surface area contributed by atoms with E-state index in [4.69, 9.17) is 10.5 Å². The molecule has 0 saturated heterocycles. The van der Waals surface area contributed by atoms with Crippen LogP contribution in [0.1, 0.15) is 10.6 Å². The van der Waals surface area contributed by atoms with Crippen molar-refractivity contribution in [2.75, 3.05) is 24.7 Å². The number of nitrogens with one attached hydrogen (secondary N) is 1. The topological polar surface area (TPSA) is 86.0 Å². The zero-order chi connectivity index (χ0) is 13.0. The van der Waals surface area contributed by atoms with Crippen molar-refractivity contribution in [3.8, 4) is 5.88 Å². The van der Waals surface area contributed by atoms with Crippen LogP contribution in [0, 0.1) is 6.92 Å². The minimum absolute atomic E-state index is 0.200. The fourth-order valence-electron chi connectivity index (χ4n) is 1.46. The van der Waals surface area contributed by atoms with E-state index in [9.17, 15) is 0 Å². The molecule has 0 unspecified atom stereocenters. The Morgan fingerprint density at radius 2 is 2.28 bits per heavy atom. The fraction of sp³-hybridized carbons (Fsp3) is 0.364. The van der Waals surface area contributed by atoms with Gasteiger partial charge < -0.3 is 15.8 Å². The highest BCUT2D eigenvalue weighted by atomic mass is 32.1. The van der Waals surface area contributed by atoms with Gasteiger partial charge in [0.1, 0.15) is 5.82 Å². The molecule has 0 spiro atoms. The molecule has 0 bridgehead atoms. The average Bonchev–Trinajstić information content (AvgIpc) is 2.74. The lowest BCUT2D eigenvalue weighted by molar-refractivity contribution is 0.310. The van der Waals surface area contributed by atoms with E-state index in [0.29, 0.717) is 18.3 Å². The lowest BCUT2D eigenvalue weighted by atomic mass is 10.3. The van der Waals surface area contributed by atoms with Crippen LogP contribution in [0.5, 0.6) is 5.88 Å². The normalized spacial score (nSPS) is 10.3. The highest BCUT2D eigenvalue weighted by Gasteiger charge is 2.04. The van der Waals surface area contributed by atoms with Crippen LogP contribution in [0.4, 0.5) is 11.8 Å². The molecule has 0 aliphatic rings. The van der Waals surface area contributed by atoms with E-state index in [-0.39, 0.29) is 5.95 Å². The number of rotatable bonds is 5. The van der Waals surface area contributed by atoms with Crippen molar-refractivity contribution in [1.82, 2.24) is 15.0 Å². The molecule has 96 valence electrons. The van der Waals surface area contributed by atoms with Crippen molar-refractivity contribution in [2.45, 2.75) is 13.3 Å². The number of hydrogen-bond donors (Lipinski definition) is 2. The van der Waals surface area contributed by atoms with Gasteiger partial charge in [0.25, 0.3) is 0 Å². The van der Waals surface area contributed by atoms with Gasteiger partial charge in [0.15, 0.2) is 0 Å². The quantitative estimate of drug-likeness (QED) is 0.851. The van der Waals surface area contributed by atoms with Crippen molar-refractivity contribution in [3.63, 3.8) is 0 Å². The molecule has 2 aromatic rings. The number of nitrogen functional groups attached to an aromatic ring is 1. The highest BCUT2D eigenvalue weighted by molar-refractivity contribution is 7.09. The van der Waals surface area contributed by atoms with E-state index in [1.54, 1.807) is 24.5 Å². The number of nitrogens with two attached hydrogens (primary N) is 1. The second-order valence-electron chi connectivity index (χ2n) is 3.66. The van der Waals surface area contributed by atoms with E-state index in [0.717, 1.165) is 12.1 Å². The molecule has 3 N–H and O–H groups in total. The Balaban J connectivity index is 1.94. The van der Waals surface area contributed by atoms with Crippen molar-refractivity contribution < 1.29 is 4.74 Å². The van der Waals surface area contributed by atoms with Crippen molar-refractivity contribution in [1.29, 1.82) is 0 Å². The van der Waals surface area contributed by atoms with Crippen LogP contribution in [0.2, 0.25) is 0 Å². The first-order valence-corrected chi connectivity index (χ1v) is 6.41. The van der Waals surface area contributed by atoms with E-state index < -0.39 is 0 Å². The van der Waals surface area contributed by atoms with Crippen LogP contribution in [0.15, 0.2) is 11.6 Å². The minimum atomic E-state index is 0.200. The van der Waals surface area contributed by atoms with Gasteiger partial charge in [-0.25, -0.2) is 4.98 Å². The number of anilines is 2. The third-order valence-electron chi connectivity index (χ3n) is 2.40. The predicted octanol–water partition coefficient (Wildman–Crippen LogP) is 1.49. The minimum Gasteiger partial charge on any atom is -0.477 e. The molecule has 0 aromatic carbocycles. The Bertz CT molecular complexity index is 528. The van der Waals surface area contributed by atoms with E-state index in [2.05, 4.69) is 20.3 Å². The summed E-state index contributed by atoms with van der Waals surface area (Å²) in [6.07, 6.45) is 0.815. The van der Waals surface area contributed by atoms with Gasteiger partial charge in [-0.15, -0.1) is 11.3 Å². The summed E-state index contributed by atoms with van der Waals surface area (Å²) in [5.74, 6) is 1.33. The Hall–Kier alpha value is -1.89. The summed E-state index contributed by atoms with van der Waals surface area (Å²) in [5.41, 5.74) is 8.47. The summed E-state index contributed by atoms with van der Waals surface area (Å²) >= 11 is 1.63. The summed E-state index contributed by atoms with van der Waals surface area (Å²) in [6.45, 7) is 2.54. The molecule has 0 fully saturated rings. The standard InChI is InChI=1S/C11H15N5OS/c1-7-8(18-6-14-7)3-4-17-10-5-9(13-2)15-11(12)16-10/h5-6H,3-4H2,1-2H3,(H3,12,13,15,16). The number of aromatic nitrogens is 3. The first kappa shape index (κ1) is 12.6. The van der Waals surface area contributed by atoms with Crippen LogP contribution < -0.4 is 15.8 Å². The zero-order valence-corrected chi connectivity index (χ0v) is 11.1. The Morgan fingerprint density at radius 1 is 1.44 bits per heavy atom. The van der Waals surface area contributed by atoms with Gasteiger partial charge in [-0.3, -0.25) is 0 Å². The lowest BCUT2D eigenvalue weighted by Gasteiger charge is -2.07. The third kappa shape index (κ3) is 3.07. The van der Waals surface area contributed by atoms with E-state index in [1.807, 2.05) is 12.4 Å². The van der Waals surface area contributed by atoms with Gasteiger partial charge in [-0.1, -0.05) is 0 Å². The van der Waals surface area contributed by atoms with E-state index >= 15 is 0 Å². The van der Waals surface area contributed by atoms with Gasteiger partial charge in [0, 0.05) is 24.4 Å². The Labute approximate surface area is 109 Å². The Morgan fingerprint density at radius 3 is 2.94 bits per heavy atom. The summed E-state index contributed by atoms with van der Waals surface area (Å²) in [6, 6.07) is 1.72. The molecular formula is C11H15N5OS. The highest BCUT2D eigenvalue weighted by Crippen LogP contribution is 2.16. The first-order valence-electron chi connectivity index (χ1n) is 5.53. The summed E-state index contributed by atoms with van der Waals surface area (Å²) < 4.78 is 5.57. The number of ether oxygens (including phenoxy) is 1. The maximum Gasteiger partial charge on any atom is 0.225 e. The number of nitrogens with zero attached hydrogens (tertiary/aromatic N) is 3. The van der Waals surface area contributed by atoms with Crippen molar-refractivity contribution in [3.05, 3.63) is 22.1 Å². The van der Waals surface area contributed by atoms with Crippen LogP contribution in [0.3, 0.4) is 0 Å². The molecule has 0 amide bonds. The third-order valence-corrected chi connectivity index (χ3v) is 3.39. The van der Waals surface area contributed by atoms with Gasteiger partial charge in [-0.05, 0) is 6.92 Å². The summed E-state index contributed by atoms with van der Waals surface area (Å²) in [4.78, 5) is 13.4. The molecule has 2 rings (SSSR count). The molecule has 18 heavy (non-hydrogen) atoms. The fourth-order valence-corrected chi connectivity index (χ4v) is 2.22. The molecule has 2 heterocycles. The first-order chi connectivity index (χ1) is 8.69. The largest absolute Gasteiger partial charge is 0.477 e. The molecule has 6 nitrogen and oxygen atoms in total. The van der Waals surface area contributed by atoms with Crippen LogP contribution >= 0.6 is 11.3 Å². The molecule has 0 atom stereocenters. The lowest BCUT2D eigenvalue weighted by Crippen LogP contribution is -2.06. The number of aryl methyl sites for hydroxylation is 1. The molecule has 7 heteroatoms. The van der Waals surface area contributed by atoms with Gasteiger partial charge in [0.05, 0.1) is 17.8 Å². The maximum atomic E-state index is 5.58. The van der Waals surface area contributed by atoms with E-state index in [1.165, 1.54) is 4.88 Å². The SMILES string of the molecule is CNc1cc(OCCc2scnc2C)nc(N)n1. The molecule has 0 aliphatic carbocycles. The molecule has 2 aromatic heterocycles. The van der Waals surface area contributed by atoms with Crippen LogP contribution in [0.25, 0.3) is 0 Å².